The fourth-order valence-corrected chi connectivity index (χ4v) is 1.95. The minimum Gasteiger partial charge on any atom is -0.397 e. The smallest absolute Gasteiger partial charge is 0.146 e. The maximum absolute atomic E-state index is 9.18. The molecule has 0 aliphatic rings. The lowest BCUT2D eigenvalue weighted by Gasteiger charge is -2.23. The summed E-state index contributed by atoms with van der Waals surface area (Å²) in [7, 11) is 0. The van der Waals surface area contributed by atoms with Gasteiger partial charge in [0.25, 0.3) is 0 Å². The third-order valence-corrected chi connectivity index (χ3v) is 2.91. The number of pyridine rings is 1. The standard InChI is InChI=1S/C15H16N4/c1-2-19(11-12-6-4-3-5-7-12)15-13(9-16)8-14(17)10-18-15/h3-8,10H,2,11,17H2,1H3. The highest BCUT2D eigenvalue weighted by molar-refractivity contribution is 5.59. The van der Waals surface area contributed by atoms with E-state index in [1.54, 1.807) is 12.3 Å². The normalized spacial score (nSPS) is 9.89. The van der Waals surface area contributed by atoms with Gasteiger partial charge in [0.05, 0.1) is 17.4 Å². The molecule has 1 heterocycles. The predicted octanol–water partition coefficient (Wildman–Crippen LogP) is 2.56. The number of nitrogen functional groups attached to an aromatic ring is 1. The van der Waals surface area contributed by atoms with E-state index in [0.29, 0.717) is 17.1 Å². The lowest BCUT2D eigenvalue weighted by molar-refractivity contribution is 0.812. The molecule has 2 aromatic rings. The first-order valence-electron chi connectivity index (χ1n) is 6.19. The Hall–Kier alpha value is -2.54. The summed E-state index contributed by atoms with van der Waals surface area (Å²) in [6.45, 7) is 3.55. The maximum Gasteiger partial charge on any atom is 0.146 e. The third kappa shape index (κ3) is 3.02. The van der Waals surface area contributed by atoms with Crippen molar-refractivity contribution in [3.05, 3.63) is 53.7 Å². The summed E-state index contributed by atoms with van der Waals surface area (Å²) in [5, 5.41) is 9.18. The Kier molecular flexibility index (Phi) is 3.99. The molecule has 96 valence electrons. The van der Waals surface area contributed by atoms with Gasteiger partial charge in [-0.2, -0.15) is 5.26 Å². The van der Waals surface area contributed by atoms with E-state index in [1.807, 2.05) is 25.1 Å². The van der Waals surface area contributed by atoms with Crippen LogP contribution in [-0.4, -0.2) is 11.5 Å². The van der Waals surface area contributed by atoms with E-state index in [1.165, 1.54) is 5.56 Å². The van der Waals surface area contributed by atoms with E-state index >= 15 is 0 Å². The van der Waals surface area contributed by atoms with Crippen molar-refractivity contribution in [2.75, 3.05) is 17.2 Å². The van der Waals surface area contributed by atoms with Gasteiger partial charge in [-0.25, -0.2) is 4.98 Å². The number of aromatic nitrogens is 1. The molecule has 2 N–H and O–H groups in total. The van der Waals surface area contributed by atoms with Crippen molar-refractivity contribution in [1.29, 1.82) is 5.26 Å². The van der Waals surface area contributed by atoms with Crippen LogP contribution in [0.5, 0.6) is 0 Å². The van der Waals surface area contributed by atoms with Crippen LogP contribution in [0.3, 0.4) is 0 Å². The van der Waals surface area contributed by atoms with Gasteiger partial charge < -0.3 is 10.6 Å². The van der Waals surface area contributed by atoms with Crippen molar-refractivity contribution in [3.63, 3.8) is 0 Å². The number of nitrogens with zero attached hydrogens (tertiary/aromatic N) is 3. The van der Waals surface area contributed by atoms with Crippen LogP contribution < -0.4 is 10.6 Å². The van der Waals surface area contributed by atoms with Crippen molar-refractivity contribution >= 4 is 11.5 Å². The molecule has 0 radical (unpaired) electrons. The van der Waals surface area contributed by atoms with Crippen LogP contribution in [0.1, 0.15) is 18.1 Å². The minimum absolute atomic E-state index is 0.510. The second-order valence-electron chi connectivity index (χ2n) is 4.25. The van der Waals surface area contributed by atoms with Crippen molar-refractivity contribution in [2.24, 2.45) is 0 Å². The largest absolute Gasteiger partial charge is 0.397 e. The molecule has 0 amide bonds. The zero-order valence-electron chi connectivity index (χ0n) is 10.9. The van der Waals surface area contributed by atoms with Gasteiger partial charge in [-0.05, 0) is 18.6 Å². The lowest BCUT2D eigenvalue weighted by atomic mass is 10.2. The number of nitriles is 1. The summed E-state index contributed by atoms with van der Waals surface area (Å²) in [6.07, 6.45) is 1.59. The van der Waals surface area contributed by atoms with E-state index in [9.17, 15) is 5.26 Å². The van der Waals surface area contributed by atoms with E-state index in [2.05, 4.69) is 28.1 Å². The van der Waals surface area contributed by atoms with Crippen molar-refractivity contribution < 1.29 is 0 Å². The Morgan fingerprint density at radius 2 is 2.05 bits per heavy atom. The number of hydrogen-bond acceptors (Lipinski definition) is 4. The zero-order chi connectivity index (χ0) is 13.7. The van der Waals surface area contributed by atoms with Crippen LogP contribution >= 0.6 is 0 Å². The van der Waals surface area contributed by atoms with Crippen LogP contribution in [0.2, 0.25) is 0 Å². The quantitative estimate of drug-likeness (QED) is 0.908. The van der Waals surface area contributed by atoms with Crippen molar-refractivity contribution in [1.82, 2.24) is 4.98 Å². The summed E-state index contributed by atoms with van der Waals surface area (Å²) < 4.78 is 0. The van der Waals surface area contributed by atoms with Crippen molar-refractivity contribution in [3.8, 4) is 6.07 Å². The Morgan fingerprint density at radius 3 is 2.68 bits per heavy atom. The first-order valence-corrected chi connectivity index (χ1v) is 6.19. The molecule has 0 bridgehead atoms. The van der Waals surface area contributed by atoms with E-state index in [0.717, 1.165) is 13.1 Å². The summed E-state index contributed by atoms with van der Waals surface area (Å²) in [4.78, 5) is 6.36. The molecule has 0 atom stereocenters. The Morgan fingerprint density at radius 1 is 1.32 bits per heavy atom. The molecular weight excluding hydrogens is 236 g/mol. The number of rotatable bonds is 4. The second kappa shape index (κ2) is 5.87. The monoisotopic (exact) mass is 252 g/mol. The maximum atomic E-state index is 9.18. The van der Waals surface area contributed by atoms with Gasteiger partial charge in [0, 0.05) is 13.1 Å². The van der Waals surface area contributed by atoms with Gasteiger partial charge in [-0.1, -0.05) is 30.3 Å². The molecule has 0 saturated carbocycles. The van der Waals surface area contributed by atoms with Crippen LogP contribution in [0.4, 0.5) is 11.5 Å². The van der Waals surface area contributed by atoms with Gasteiger partial charge in [0.15, 0.2) is 0 Å². The molecular formula is C15H16N4. The number of anilines is 2. The molecule has 0 fully saturated rings. The second-order valence-corrected chi connectivity index (χ2v) is 4.25. The average molecular weight is 252 g/mol. The molecule has 2 rings (SSSR count). The number of nitrogens with two attached hydrogens (primary N) is 1. The number of hydrogen-bond donors (Lipinski definition) is 1. The molecule has 0 aliphatic carbocycles. The molecule has 19 heavy (non-hydrogen) atoms. The van der Waals surface area contributed by atoms with Crippen LogP contribution in [0.15, 0.2) is 42.6 Å². The van der Waals surface area contributed by atoms with Crippen LogP contribution in [0, 0.1) is 11.3 Å². The zero-order valence-corrected chi connectivity index (χ0v) is 10.9. The minimum atomic E-state index is 0.510. The van der Waals surface area contributed by atoms with Gasteiger partial charge >= 0.3 is 0 Å². The summed E-state index contributed by atoms with van der Waals surface area (Å²) >= 11 is 0. The first-order chi connectivity index (χ1) is 9.24. The van der Waals surface area contributed by atoms with Gasteiger partial charge in [-0.3, -0.25) is 0 Å². The summed E-state index contributed by atoms with van der Waals surface area (Å²) in [6, 6.07) is 13.9. The highest BCUT2D eigenvalue weighted by Crippen LogP contribution is 2.20. The molecule has 4 nitrogen and oxygen atoms in total. The Labute approximate surface area is 113 Å². The molecule has 0 aliphatic heterocycles. The Balaban J connectivity index is 2.30. The summed E-state index contributed by atoms with van der Waals surface area (Å²) in [5.41, 5.74) is 7.87. The van der Waals surface area contributed by atoms with E-state index < -0.39 is 0 Å². The van der Waals surface area contributed by atoms with Gasteiger partial charge in [0.1, 0.15) is 11.9 Å². The fourth-order valence-electron chi connectivity index (χ4n) is 1.95. The molecule has 0 spiro atoms. The topological polar surface area (TPSA) is 65.9 Å². The summed E-state index contributed by atoms with van der Waals surface area (Å²) in [5.74, 6) is 0.683. The van der Waals surface area contributed by atoms with Crippen LogP contribution in [0.25, 0.3) is 0 Å². The van der Waals surface area contributed by atoms with Gasteiger partial charge in [0.2, 0.25) is 0 Å². The average Bonchev–Trinajstić information content (AvgIpc) is 2.46. The molecule has 1 aromatic carbocycles. The van der Waals surface area contributed by atoms with Crippen LogP contribution in [-0.2, 0) is 6.54 Å². The number of benzene rings is 1. The third-order valence-electron chi connectivity index (χ3n) is 2.91. The lowest BCUT2D eigenvalue weighted by Crippen LogP contribution is -2.24. The Bertz CT molecular complexity index is 587. The SMILES string of the molecule is CCN(Cc1ccccc1)c1ncc(N)cc1C#N. The highest BCUT2D eigenvalue weighted by atomic mass is 15.2. The molecule has 0 unspecified atom stereocenters. The van der Waals surface area contributed by atoms with E-state index in [4.69, 9.17) is 5.73 Å². The molecule has 0 saturated heterocycles. The first kappa shape index (κ1) is 12.9. The molecule has 1 aromatic heterocycles. The highest BCUT2D eigenvalue weighted by Gasteiger charge is 2.12. The van der Waals surface area contributed by atoms with Gasteiger partial charge in [-0.15, -0.1) is 0 Å². The predicted molar refractivity (Wildman–Crippen MR) is 76.5 cm³/mol. The fraction of sp³-hybridized carbons (Fsp3) is 0.200. The van der Waals surface area contributed by atoms with E-state index in [-0.39, 0.29) is 0 Å². The van der Waals surface area contributed by atoms with Crippen molar-refractivity contribution in [2.45, 2.75) is 13.5 Å². The molecule has 4 heteroatoms.